The monoisotopic (exact) mass is 1220 g/mol. The summed E-state index contributed by atoms with van der Waals surface area (Å²) in [5.41, 5.74) is 0. The Balaban J connectivity index is -0.0000000208. The van der Waals surface area contributed by atoms with Crippen LogP contribution in [0.3, 0.4) is 0 Å². The van der Waals surface area contributed by atoms with Crippen molar-refractivity contribution < 1.29 is 89.1 Å². The number of hydrogen-bond donors (Lipinski definition) is 0. The van der Waals surface area contributed by atoms with E-state index in [1.54, 1.807) is 26.8 Å². The average Bonchev–Trinajstić information content (AvgIpc) is 2.80. The number of aldehydes is 1. The molecule has 2 rings (SSSR count). The average molecular weight is 1220 g/mol. The van der Waals surface area contributed by atoms with E-state index in [2.05, 4.69) is 9.98 Å². The van der Waals surface area contributed by atoms with Gasteiger partial charge in [-0.2, -0.15) is 0 Å². The van der Waals surface area contributed by atoms with Gasteiger partial charge in [0.15, 0.2) is 0 Å². The standard InChI is InChI=1S/2C6H6.2C4H10N2.C2H4O.2C2H6.2CH4.CH3.4W/c2*1-2-4-6-5-3-1;2*1-5-4-6(2)3;1-2-3;2*1-2;;;;;;;/h2*1-6H;2*4H,1-3H3;2H,1H3;2*1-2H3;2*1H4;1H3;;;;/q;;;;;;;;;-1;;;;. The predicted octanol–water partition coefficient (Wildman–Crippen LogP) is 7.76. The van der Waals surface area contributed by atoms with E-state index in [1.165, 1.54) is 6.92 Å². The van der Waals surface area contributed by atoms with Gasteiger partial charge in [-0.15, -0.1) is 0 Å². The van der Waals surface area contributed by atoms with Crippen molar-refractivity contribution in [1.29, 1.82) is 0 Å². The third-order valence-electron chi connectivity index (χ3n) is 2.03. The van der Waals surface area contributed by atoms with Gasteiger partial charge in [0, 0.05) is 127 Å². The molecule has 0 saturated carbocycles. The molecule has 0 atom stereocenters. The van der Waals surface area contributed by atoms with Crippen LogP contribution in [0, 0.1) is 7.43 Å². The minimum Gasteiger partial charge on any atom is -0.369 e. The number of nitrogens with zero attached hydrogens (tertiary/aromatic N) is 4. The van der Waals surface area contributed by atoms with Crippen LogP contribution in [0.2, 0.25) is 0 Å². The van der Waals surface area contributed by atoms with E-state index >= 15 is 0 Å². The van der Waals surface area contributed by atoms with E-state index in [4.69, 9.17) is 4.79 Å². The fourth-order valence-corrected chi connectivity index (χ4v) is 1.23. The summed E-state index contributed by atoms with van der Waals surface area (Å²) in [5, 5.41) is 0. The van der Waals surface area contributed by atoms with Gasteiger partial charge in [-0.25, -0.2) is 0 Å². The summed E-state index contributed by atoms with van der Waals surface area (Å²) < 4.78 is 0. The first-order valence-corrected chi connectivity index (χ1v) is 10.5. The second-order valence-corrected chi connectivity index (χ2v) is 5.22. The van der Waals surface area contributed by atoms with Crippen LogP contribution in [-0.2, 0) is 89.1 Å². The minimum atomic E-state index is 0. The molecule has 0 saturated heterocycles. The van der Waals surface area contributed by atoms with Crippen molar-refractivity contribution in [2.45, 2.75) is 49.5 Å². The molecule has 9 heteroatoms. The van der Waals surface area contributed by atoms with Crippen molar-refractivity contribution in [3.63, 3.8) is 0 Å². The molecule has 0 radical (unpaired) electrons. The SMILES string of the molecule is C.C.CC.CC.CC=O.CN=CN(C)C.CN=CN(C)C.[CH3-].[W].[W].[W].[W].c1ccccc1.c1ccccc1. The predicted molar refractivity (Wildman–Crippen MR) is 163 cm³/mol. The largest absolute Gasteiger partial charge is 0.369 e. The number of carbonyl (C=O) groups is 1. The molecule has 0 amide bonds. The van der Waals surface area contributed by atoms with Crippen LogP contribution in [0.25, 0.3) is 0 Å². The number of carbonyl (C=O) groups excluding carboxylic acids is 1. The summed E-state index contributed by atoms with van der Waals surface area (Å²) >= 11 is 0. The van der Waals surface area contributed by atoms with Gasteiger partial charge in [-0.1, -0.05) is 115 Å². The maximum atomic E-state index is 8.81. The normalized spacial score (nSPS) is 6.29. The quantitative estimate of drug-likeness (QED) is 0.134. The van der Waals surface area contributed by atoms with Crippen LogP contribution in [0.5, 0.6) is 0 Å². The molecule has 2 aromatic rings. The molecule has 0 heterocycles. The van der Waals surface area contributed by atoms with Crippen molar-refractivity contribution in [3.8, 4) is 0 Å². The van der Waals surface area contributed by atoms with E-state index < -0.39 is 0 Å². The number of benzene rings is 2. The molecule has 0 unspecified atom stereocenters. The fraction of sp³-hybridized carbons (Fsp3) is 0.448. The molecule has 0 N–H and O–H groups in total. The van der Waals surface area contributed by atoms with Crippen molar-refractivity contribution >= 4 is 19.0 Å². The molecule has 226 valence electrons. The van der Waals surface area contributed by atoms with Gasteiger partial charge < -0.3 is 22.0 Å². The van der Waals surface area contributed by atoms with Gasteiger partial charge in [-0.3, -0.25) is 9.98 Å². The van der Waals surface area contributed by atoms with E-state index in [0.29, 0.717) is 0 Å². The third kappa shape index (κ3) is 137. The summed E-state index contributed by atoms with van der Waals surface area (Å²) in [6.07, 6.45) is 4.25. The van der Waals surface area contributed by atoms with Gasteiger partial charge in [-0.05, 0) is 6.92 Å². The van der Waals surface area contributed by atoms with Crippen molar-refractivity contribution in [2.24, 2.45) is 9.98 Å². The Kier molecular flexibility index (Phi) is 184. The van der Waals surface area contributed by atoms with Crippen LogP contribution in [0.4, 0.5) is 0 Å². The molecule has 0 aliphatic heterocycles. The van der Waals surface area contributed by atoms with Gasteiger partial charge in [0.1, 0.15) is 6.29 Å². The van der Waals surface area contributed by atoms with Gasteiger partial charge in [0.05, 0.1) is 12.7 Å². The van der Waals surface area contributed by atoms with Crippen LogP contribution in [0.1, 0.15) is 49.5 Å². The molecule has 0 aliphatic rings. The van der Waals surface area contributed by atoms with Gasteiger partial charge in [0.25, 0.3) is 0 Å². The van der Waals surface area contributed by atoms with Crippen molar-refractivity contribution in [1.82, 2.24) is 9.80 Å². The van der Waals surface area contributed by atoms with Crippen LogP contribution >= 0.6 is 0 Å². The Morgan fingerprint density at radius 2 is 0.605 bits per heavy atom. The molecule has 0 fully saturated rings. The first kappa shape index (κ1) is 76.9. The summed E-state index contributed by atoms with van der Waals surface area (Å²) in [6, 6.07) is 24.0. The third-order valence-corrected chi connectivity index (χ3v) is 2.03. The second kappa shape index (κ2) is 90.7. The Labute approximate surface area is 297 Å². The fourth-order valence-electron chi connectivity index (χ4n) is 1.23. The molecule has 2 aromatic carbocycles. The van der Waals surface area contributed by atoms with E-state index in [1.807, 2.05) is 138 Å². The maximum absolute atomic E-state index is 8.81. The summed E-state index contributed by atoms with van der Waals surface area (Å²) in [7, 11) is 11.2. The Bertz CT molecular complexity index is 446. The molecular formula is C29H59N4OW4-. The van der Waals surface area contributed by atoms with E-state index in [9.17, 15) is 0 Å². The number of aliphatic imine (C=N–C) groups is 2. The molecule has 0 spiro atoms. The van der Waals surface area contributed by atoms with Gasteiger partial charge in [0.2, 0.25) is 0 Å². The smallest absolute Gasteiger partial charge is 0.116 e. The Hall–Kier alpha value is -0.197. The zero-order valence-corrected chi connectivity index (χ0v) is 36.2. The van der Waals surface area contributed by atoms with E-state index in [0.717, 1.165) is 6.29 Å². The van der Waals surface area contributed by atoms with Crippen LogP contribution < -0.4 is 0 Å². The van der Waals surface area contributed by atoms with Crippen molar-refractivity contribution in [2.75, 3.05) is 42.3 Å². The second-order valence-electron chi connectivity index (χ2n) is 5.22. The van der Waals surface area contributed by atoms with Crippen molar-refractivity contribution in [3.05, 3.63) is 80.2 Å². The Morgan fingerprint density at radius 3 is 0.632 bits per heavy atom. The van der Waals surface area contributed by atoms with Crippen LogP contribution in [0.15, 0.2) is 82.8 Å². The zero-order valence-electron chi connectivity index (χ0n) is 24.5. The first-order chi connectivity index (χ1) is 15.0. The summed E-state index contributed by atoms with van der Waals surface area (Å²) in [6.45, 7) is 9.44. The molecule has 0 aliphatic carbocycles. The molecular weight excluding hydrogens is 1160 g/mol. The minimum absolute atomic E-state index is 0. The topological polar surface area (TPSA) is 48.3 Å². The molecule has 0 bridgehead atoms. The maximum Gasteiger partial charge on any atom is 0.116 e. The van der Waals surface area contributed by atoms with Gasteiger partial charge >= 0.3 is 0 Å². The molecule has 38 heavy (non-hydrogen) atoms. The molecule has 5 nitrogen and oxygen atoms in total. The number of hydrogen-bond acceptors (Lipinski definition) is 3. The van der Waals surface area contributed by atoms with Crippen LogP contribution in [-0.4, -0.2) is 71.0 Å². The number of rotatable bonds is 2. The summed E-state index contributed by atoms with van der Waals surface area (Å²) in [5.74, 6) is 0. The van der Waals surface area contributed by atoms with E-state index in [-0.39, 0.29) is 107 Å². The molecule has 0 aromatic heterocycles. The Morgan fingerprint density at radius 1 is 0.500 bits per heavy atom. The zero-order chi connectivity index (χ0) is 25.2. The first-order valence-electron chi connectivity index (χ1n) is 10.5. The summed E-state index contributed by atoms with van der Waals surface area (Å²) in [4.78, 5) is 20.1.